The molecule has 0 aliphatic heterocycles. The number of carbonyl (C=O) groups excluding carboxylic acids is 2. The molecule has 0 atom stereocenters. The third-order valence-electron chi connectivity index (χ3n) is 3.27. The molecule has 6 heteroatoms. The number of carbonyl (C=O) groups is 2. The Bertz CT molecular complexity index is 727. The molecule has 2 rings (SSSR count). The van der Waals surface area contributed by atoms with Gasteiger partial charge in [-0.2, -0.15) is 0 Å². The van der Waals surface area contributed by atoms with Crippen molar-refractivity contribution < 1.29 is 9.59 Å². The number of aromatic nitrogens is 2. The van der Waals surface area contributed by atoms with E-state index in [9.17, 15) is 9.59 Å². The van der Waals surface area contributed by atoms with Gasteiger partial charge in [-0.1, -0.05) is 12.1 Å². The fourth-order valence-electron chi connectivity index (χ4n) is 2.09. The zero-order valence-electron chi connectivity index (χ0n) is 13.3. The quantitative estimate of drug-likeness (QED) is 0.823. The van der Waals surface area contributed by atoms with Gasteiger partial charge in [-0.25, -0.2) is 4.98 Å². The van der Waals surface area contributed by atoms with Crippen LogP contribution in [0.2, 0.25) is 0 Å². The third kappa shape index (κ3) is 4.60. The smallest absolute Gasteiger partial charge is 0.247 e. The molecule has 0 aliphatic rings. The standard InChI is InChI=1S/C17H20N4O2/c1-3-18-16(22)12-21(4-2)17(23)10-9-13-11-19-14-7-5-6-8-15(14)20-13/h5-11H,3-4,12H2,1-2H3,(H,18,22). The number of hydrogen-bond acceptors (Lipinski definition) is 4. The van der Waals surface area contributed by atoms with E-state index < -0.39 is 0 Å². The van der Waals surface area contributed by atoms with Crippen molar-refractivity contribution in [3.63, 3.8) is 0 Å². The van der Waals surface area contributed by atoms with Crippen molar-refractivity contribution >= 4 is 28.9 Å². The molecule has 23 heavy (non-hydrogen) atoms. The Morgan fingerprint density at radius 3 is 2.65 bits per heavy atom. The Balaban J connectivity index is 2.07. The third-order valence-corrected chi connectivity index (χ3v) is 3.27. The molecular formula is C17H20N4O2. The van der Waals surface area contributed by atoms with E-state index in [1.165, 1.54) is 11.0 Å². The van der Waals surface area contributed by atoms with Gasteiger partial charge in [-0.15, -0.1) is 0 Å². The van der Waals surface area contributed by atoms with Crippen LogP contribution < -0.4 is 5.32 Å². The minimum atomic E-state index is -0.228. The predicted octanol–water partition coefficient (Wildman–Crippen LogP) is 1.63. The number of nitrogens with zero attached hydrogens (tertiary/aromatic N) is 3. The van der Waals surface area contributed by atoms with Gasteiger partial charge in [-0.3, -0.25) is 14.6 Å². The molecule has 6 nitrogen and oxygen atoms in total. The SMILES string of the molecule is CCNC(=O)CN(CC)C(=O)C=Cc1cnc2ccccc2n1. The summed E-state index contributed by atoms with van der Waals surface area (Å²) >= 11 is 0. The molecule has 1 heterocycles. The maximum Gasteiger partial charge on any atom is 0.247 e. The lowest BCUT2D eigenvalue weighted by Gasteiger charge is -2.18. The number of benzene rings is 1. The van der Waals surface area contributed by atoms with Crippen molar-refractivity contribution in [2.75, 3.05) is 19.6 Å². The number of rotatable bonds is 6. The molecular weight excluding hydrogens is 292 g/mol. The Morgan fingerprint density at radius 2 is 1.96 bits per heavy atom. The molecule has 1 N–H and O–H groups in total. The van der Waals surface area contributed by atoms with Gasteiger partial charge in [0.15, 0.2) is 0 Å². The largest absolute Gasteiger partial charge is 0.355 e. The number of para-hydroxylation sites is 2. The molecule has 0 bridgehead atoms. The molecule has 0 saturated heterocycles. The summed E-state index contributed by atoms with van der Waals surface area (Å²) in [5, 5.41) is 2.68. The van der Waals surface area contributed by atoms with E-state index in [0.717, 1.165) is 11.0 Å². The summed E-state index contributed by atoms with van der Waals surface area (Å²) in [6.45, 7) is 4.74. The fourth-order valence-corrected chi connectivity index (χ4v) is 2.09. The van der Waals surface area contributed by atoms with Gasteiger partial charge in [-0.05, 0) is 32.1 Å². The summed E-state index contributed by atoms with van der Waals surface area (Å²) in [7, 11) is 0. The summed E-state index contributed by atoms with van der Waals surface area (Å²) in [6.07, 6.45) is 4.65. The van der Waals surface area contributed by atoms with E-state index in [-0.39, 0.29) is 18.4 Å². The molecule has 2 aromatic rings. The van der Waals surface area contributed by atoms with E-state index in [4.69, 9.17) is 0 Å². The number of likely N-dealkylation sites (N-methyl/N-ethyl adjacent to an activating group) is 2. The van der Waals surface area contributed by atoms with Gasteiger partial charge in [0.2, 0.25) is 11.8 Å². The average Bonchev–Trinajstić information content (AvgIpc) is 2.57. The van der Waals surface area contributed by atoms with Gasteiger partial charge >= 0.3 is 0 Å². The summed E-state index contributed by atoms with van der Waals surface area (Å²) in [5.41, 5.74) is 2.19. The zero-order valence-corrected chi connectivity index (χ0v) is 13.3. The summed E-state index contributed by atoms with van der Waals surface area (Å²) in [6, 6.07) is 7.54. The van der Waals surface area contributed by atoms with Crippen LogP contribution in [0.4, 0.5) is 0 Å². The molecule has 0 spiro atoms. The van der Waals surface area contributed by atoms with E-state index in [1.54, 1.807) is 12.3 Å². The number of amides is 2. The fraction of sp³-hybridized carbons (Fsp3) is 0.294. The lowest BCUT2D eigenvalue weighted by molar-refractivity contribution is -0.132. The van der Waals surface area contributed by atoms with Crippen LogP contribution >= 0.6 is 0 Å². The molecule has 2 amide bonds. The van der Waals surface area contributed by atoms with Crippen molar-refractivity contribution in [3.05, 3.63) is 42.2 Å². The molecule has 1 aromatic carbocycles. The number of hydrogen-bond donors (Lipinski definition) is 1. The van der Waals surface area contributed by atoms with Crippen molar-refractivity contribution in [2.24, 2.45) is 0 Å². The number of fused-ring (bicyclic) bond motifs is 1. The van der Waals surface area contributed by atoms with Gasteiger partial charge in [0.05, 0.1) is 29.5 Å². The normalized spacial score (nSPS) is 10.9. The van der Waals surface area contributed by atoms with Crippen molar-refractivity contribution in [1.82, 2.24) is 20.2 Å². The van der Waals surface area contributed by atoms with Crippen LogP contribution in [-0.2, 0) is 9.59 Å². The minimum absolute atomic E-state index is 0.0525. The van der Waals surface area contributed by atoms with E-state index in [0.29, 0.717) is 18.8 Å². The van der Waals surface area contributed by atoms with Crippen LogP contribution in [0, 0.1) is 0 Å². The molecule has 0 unspecified atom stereocenters. The van der Waals surface area contributed by atoms with Crippen molar-refractivity contribution in [2.45, 2.75) is 13.8 Å². The van der Waals surface area contributed by atoms with Gasteiger partial charge in [0, 0.05) is 19.2 Å². The highest BCUT2D eigenvalue weighted by Crippen LogP contribution is 2.09. The van der Waals surface area contributed by atoms with Gasteiger partial charge < -0.3 is 10.2 Å². The van der Waals surface area contributed by atoms with Crippen molar-refractivity contribution in [1.29, 1.82) is 0 Å². The maximum atomic E-state index is 12.2. The first-order chi connectivity index (χ1) is 11.1. The van der Waals surface area contributed by atoms with E-state index >= 15 is 0 Å². The van der Waals surface area contributed by atoms with Gasteiger partial charge in [0.1, 0.15) is 0 Å². The Hall–Kier alpha value is -2.76. The average molecular weight is 312 g/mol. The Labute approximate surface area is 135 Å². The van der Waals surface area contributed by atoms with Gasteiger partial charge in [0.25, 0.3) is 0 Å². The van der Waals surface area contributed by atoms with Crippen LogP contribution in [0.1, 0.15) is 19.5 Å². The molecule has 0 saturated carbocycles. The first kappa shape index (κ1) is 16.6. The molecule has 1 aromatic heterocycles. The number of nitrogens with one attached hydrogen (secondary N) is 1. The minimum Gasteiger partial charge on any atom is -0.355 e. The lowest BCUT2D eigenvalue weighted by atomic mass is 10.3. The monoisotopic (exact) mass is 312 g/mol. The lowest BCUT2D eigenvalue weighted by Crippen LogP contribution is -2.39. The highest BCUT2D eigenvalue weighted by atomic mass is 16.2. The molecule has 0 aliphatic carbocycles. The summed E-state index contributed by atoms with van der Waals surface area (Å²) < 4.78 is 0. The second-order valence-corrected chi connectivity index (χ2v) is 4.92. The molecule has 120 valence electrons. The van der Waals surface area contributed by atoms with Crippen LogP contribution in [0.25, 0.3) is 17.1 Å². The molecule has 0 radical (unpaired) electrons. The Kier molecular flexibility index (Phi) is 5.80. The first-order valence-electron chi connectivity index (χ1n) is 7.59. The first-order valence-corrected chi connectivity index (χ1v) is 7.59. The van der Waals surface area contributed by atoms with Crippen molar-refractivity contribution in [3.8, 4) is 0 Å². The van der Waals surface area contributed by atoms with Crippen LogP contribution in [-0.4, -0.2) is 46.3 Å². The van der Waals surface area contributed by atoms with Crippen LogP contribution in [0.15, 0.2) is 36.5 Å². The summed E-state index contributed by atoms with van der Waals surface area (Å²) in [4.78, 5) is 33.9. The van der Waals surface area contributed by atoms with Crippen LogP contribution in [0.3, 0.4) is 0 Å². The summed E-state index contributed by atoms with van der Waals surface area (Å²) in [5.74, 6) is -0.393. The highest BCUT2D eigenvalue weighted by molar-refractivity contribution is 5.94. The zero-order chi connectivity index (χ0) is 16.7. The Morgan fingerprint density at radius 1 is 1.22 bits per heavy atom. The van der Waals surface area contributed by atoms with E-state index in [1.807, 2.05) is 38.1 Å². The maximum absolute atomic E-state index is 12.2. The van der Waals surface area contributed by atoms with E-state index in [2.05, 4.69) is 15.3 Å². The second-order valence-electron chi connectivity index (χ2n) is 4.92. The second kappa shape index (κ2) is 8.03. The highest BCUT2D eigenvalue weighted by Gasteiger charge is 2.12. The topological polar surface area (TPSA) is 75.2 Å². The predicted molar refractivity (Wildman–Crippen MR) is 89.5 cm³/mol. The molecule has 0 fully saturated rings. The van der Waals surface area contributed by atoms with Crippen LogP contribution in [0.5, 0.6) is 0 Å².